The third-order valence-electron chi connectivity index (χ3n) is 1.29. The number of benzene rings is 1. The Labute approximate surface area is 72.9 Å². The van der Waals surface area contributed by atoms with Gasteiger partial charge in [-0.05, 0) is 11.1 Å². The Balaban J connectivity index is 2.91. The van der Waals surface area contributed by atoms with E-state index in [2.05, 4.69) is 5.43 Å². The van der Waals surface area contributed by atoms with Crippen molar-refractivity contribution in [3.8, 4) is 0 Å². The molecule has 0 aliphatic heterocycles. The Kier molecular flexibility index (Phi) is 2.44. The maximum absolute atomic E-state index is 10.4. The first kappa shape index (κ1) is 8.98. The van der Waals surface area contributed by atoms with Crippen molar-refractivity contribution in [2.75, 3.05) is 0 Å². The van der Waals surface area contributed by atoms with Gasteiger partial charge < -0.3 is 10.5 Å². The largest absolute Gasteiger partial charge is 0.478 e. The van der Waals surface area contributed by atoms with Crippen molar-refractivity contribution in [2.45, 2.75) is 0 Å². The Morgan fingerprint density at radius 3 is 2.77 bits per heavy atom. The molecule has 0 atom stereocenters. The molecule has 0 saturated carbocycles. The summed E-state index contributed by atoms with van der Waals surface area (Å²) in [4.78, 5) is 20.4. The van der Waals surface area contributed by atoms with Crippen molar-refractivity contribution in [3.05, 3.63) is 45.4 Å². The van der Waals surface area contributed by atoms with E-state index in [9.17, 15) is 14.9 Å². The van der Waals surface area contributed by atoms with E-state index in [1.54, 1.807) is 0 Å². The standard InChI is InChI=1S/C7H5N2O4/c10-7(11)5-2-1-3-6(4-5)8-9(12)13/h1-4H,(H,10,11)/q-1. The van der Waals surface area contributed by atoms with Crippen molar-refractivity contribution in [1.82, 2.24) is 0 Å². The predicted molar refractivity (Wildman–Crippen MR) is 43.4 cm³/mol. The lowest BCUT2D eigenvalue weighted by molar-refractivity contribution is -0.418. The van der Waals surface area contributed by atoms with E-state index in [0.717, 1.165) is 6.07 Å². The van der Waals surface area contributed by atoms with Gasteiger partial charge in [0.1, 0.15) is 0 Å². The molecule has 0 saturated heterocycles. The molecule has 1 aromatic carbocycles. The molecule has 1 aromatic rings. The Morgan fingerprint density at radius 2 is 2.23 bits per heavy atom. The number of carbonyl (C=O) groups is 1. The summed E-state index contributed by atoms with van der Waals surface area (Å²) in [7, 11) is 0. The normalized spacial score (nSPS) is 9.23. The van der Waals surface area contributed by atoms with Crippen LogP contribution in [0.3, 0.4) is 0 Å². The number of carboxylic acid groups (broad SMARTS) is 1. The summed E-state index contributed by atoms with van der Waals surface area (Å²) in [6, 6.07) is 5.22. The highest BCUT2D eigenvalue weighted by atomic mass is 16.7. The van der Waals surface area contributed by atoms with Crippen LogP contribution in [0.1, 0.15) is 10.4 Å². The molecule has 68 valence electrons. The molecular formula is C7H5N2O4-. The van der Waals surface area contributed by atoms with Crippen molar-refractivity contribution in [3.63, 3.8) is 0 Å². The fourth-order valence-electron chi connectivity index (χ4n) is 0.795. The van der Waals surface area contributed by atoms with Crippen LogP contribution in [0, 0.1) is 10.1 Å². The van der Waals surface area contributed by atoms with E-state index >= 15 is 0 Å². The molecule has 13 heavy (non-hydrogen) atoms. The van der Waals surface area contributed by atoms with Gasteiger partial charge in [-0.25, -0.2) is 4.79 Å². The average Bonchev–Trinajstić information content (AvgIpc) is 2.03. The Morgan fingerprint density at radius 1 is 1.54 bits per heavy atom. The number of nitro groups is 1. The molecule has 1 rings (SSSR count). The van der Waals surface area contributed by atoms with Crippen LogP contribution in [0.25, 0.3) is 5.43 Å². The molecule has 0 spiro atoms. The predicted octanol–water partition coefficient (Wildman–Crippen LogP) is 1.58. The molecule has 6 heteroatoms. The maximum atomic E-state index is 10.4. The maximum Gasteiger partial charge on any atom is 0.335 e. The third kappa shape index (κ3) is 2.44. The molecule has 0 bridgehead atoms. The van der Waals surface area contributed by atoms with Crippen LogP contribution in [0.4, 0.5) is 5.69 Å². The monoisotopic (exact) mass is 181 g/mol. The highest BCUT2D eigenvalue weighted by Crippen LogP contribution is 2.18. The minimum atomic E-state index is -1.14. The second-order valence-corrected chi connectivity index (χ2v) is 2.19. The molecule has 0 aromatic heterocycles. The van der Waals surface area contributed by atoms with E-state index < -0.39 is 11.0 Å². The minimum Gasteiger partial charge on any atom is -0.478 e. The second kappa shape index (κ2) is 3.53. The highest BCUT2D eigenvalue weighted by Gasteiger charge is 2.00. The summed E-state index contributed by atoms with van der Waals surface area (Å²) < 4.78 is 0. The van der Waals surface area contributed by atoms with E-state index in [1.807, 2.05) is 0 Å². The first-order chi connectivity index (χ1) is 6.09. The Bertz CT molecular complexity index is 350. The van der Waals surface area contributed by atoms with E-state index in [4.69, 9.17) is 5.11 Å². The Hall–Kier alpha value is -2.11. The SMILES string of the molecule is O=C(O)c1cccc([N-][N+](=O)[O-])c1. The molecule has 0 unspecified atom stereocenters. The summed E-state index contributed by atoms with van der Waals surface area (Å²) in [6.07, 6.45) is 0. The summed E-state index contributed by atoms with van der Waals surface area (Å²) in [5.41, 5.74) is 2.95. The summed E-state index contributed by atoms with van der Waals surface area (Å²) in [5, 5.41) is 17.6. The van der Waals surface area contributed by atoms with Gasteiger partial charge in [0, 0.05) is 0 Å². The third-order valence-corrected chi connectivity index (χ3v) is 1.29. The fraction of sp³-hybridized carbons (Fsp3) is 0. The van der Waals surface area contributed by atoms with Crippen LogP contribution in [0.2, 0.25) is 0 Å². The minimum absolute atomic E-state index is 0.0184. The first-order valence-electron chi connectivity index (χ1n) is 3.29. The number of rotatable bonds is 3. The van der Waals surface area contributed by atoms with Gasteiger partial charge >= 0.3 is 5.97 Å². The van der Waals surface area contributed by atoms with E-state index in [1.165, 1.54) is 18.2 Å². The number of hydrogen-bond acceptors (Lipinski definition) is 3. The van der Waals surface area contributed by atoms with Gasteiger partial charge in [0.2, 0.25) is 0 Å². The van der Waals surface area contributed by atoms with Crippen molar-refractivity contribution >= 4 is 11.7 Å². The molecule has 0 heterocycles. The molecule has 0 radical (unpaired) electrons. The lowest BCUT2D eigenvalue weighted by atomic mass is 10.2. The smallest absolute Gasteiger partial charge is 0.335 e. The summed E-state index contributed by atoms with van der Waals surface area (Å²) in [5.74, 6) is -1.14. The van der Waals surface area contributed by atoms with Crippen LogP contribution in [0.15, 0.2) is 24.3 Å². The van der Waals surface area contributed by atoms with Crippen molar-refractivity contribution < 1.29 is 14.9 Å². The van der Waals surface area contributed by atoms with Crippen molar-refractivity contribution in [1.29, 1.82) is 0 Å². The van der Waals surface area contributed by atoms with Gasteiger partial charge in [-0.3, -0.25) is 10.1 Å². The molecule has 0 amide bonds. The van der Waals surface area contributed by atoms with Gasteiger partial charge in [0.05, 0.1) is 5.56 Å². The zero-order valence-electron chi connectivity index (χ0n) is 6.38. The molecular weight excluding hydrogens is 176 g/mol. The quantitative estimate of drug-likeness (QED) is 0.565. The lowest BCUT2D eigenvalue weighted by Gasteiger charge is -2.09. The number of carboxylic acids is 1. The molecule has 0 aliphatic carbocycles. The van der Waals surface area contributed by atoms with Gasteiger partial charge in [-0.15, -0.1) is 0 Å². The van der Waals surface area contributed by atoms with Crippen LogP contribution >= 0.6 is 0 Å². The van der Waals surface area contributed by atoms with Gasteiger partial charge in [-0.1, -0.05) is 23.9 Å². The zero-order valence-corrected chi connectivity index (χ0v) is 6.38. The highest BCUT2D eigenvalue weighted by molar-refractivity contribution is 5.88. The number of aromatic carboxylic acids is 1. The van der Waals surface area contributed by atoms with E-state index in [-0.39, 0.29) is 11.3 Å². The van der Waals surface area contributed by atoms with Crippen LogP contribution in [-0.4, -0.2) is 16.1 Å². The van der Waals surface area contributed by atoms with Gasteiger partial charge in [0.25, 0.3) is 0 Å². The number of nitrogens with zero attached hydrogens (tertiary/aromatic N) is 2. The topological polar surface area (TPSA) is 94.5 Å². The lowest BCUT2D eigenvalue weighted by Crippen LogP contribution is -1.95. The van der Waals surface area contributed by atoms with Gasteiger partial charge in [0.15, 0.2) is 0 Å². The van der Waals surface area contributed by atoms with Crippen LogP contribution < -0.4 is 0 Å². The molecule has 0 fully saturated rings. The molecule has 6 nitrogen and oxygen atoms in total. The molecule has 0 aliphatic rings. The summed E-state index contributed by atoms with van der Waals surface area (Å²) in [6.45, 7) is 0. The average molecular weight is 181 g/mol. The number of hydrogen-bond donors (Lipinski definition) is 1. The first-order valence-corrected chi connectivity index (χ1v) is 3.29. The molecule has 1 N–H and O–H groups in total. The van der Waals surface area contributed by atoms with Crippen LogP contribution in [0.5, 0.6) is 0 Å². The van der Waals surface area contributed by atoms with E-state index in [0.29, 0.717) is 0 Å². The second-order valence-electron chi connectivity index (χ2n) is 2.19. The fourth-order valence-corrected chi connectivity index (χ4v) is 0.795. The summed E-state index contributed by atoms with van der Waals surface area (Å²) >= 11 is 0. The van der Waals surface area contributed by atoms with Crippen molar-refractivity contribution in [2.24, 2.45) is 0 Å². The van der Waals surface area contributed by atoms with Gasteiger partial charge in [-0.2, -0.15) is 0 Å². The van der Waals surface area contributed by atoms with Crippen LogP contribution in [-0.2, 0) is 0 Å². The zero-order chi connectivity index (χ0) is 9.84.